The maximum Gasteiger partial charge on any atom is 0.307 e. The fourth-order valence-electron chi connectivity index (χ4n) is 6.43. The average Bonchev–Trinajstić information content (AvgIpc) is 2.81. The molecule has 35 heavy (non-hydrogen) atoms. The van der Waals surface area contributed by atoms with Crippen molar-refractivity contribution in [1.29, 1.82) is 0 Å². The Labute approximate surface area is 210 Å². The summed E-state index contributed by atoms with van der Waals surface area (Å²) in [5, 5.41) is 9.81. The summed E-state index contributed by atoms with van der Waals surface area (Å²) in [5.74, 6) is -0.790. The van der Waals surface area contributed by atoms with Gasteiger partial charge in [0.1, 0.15) is 0 Å². The van der Waals surface area contributed by atoms with E-state index in [-0.39, 0.29) is 6.42 Å². The van der Waals surface area contributed by atoms with Gasteiger partial charge in [-0.1, -0.05) is 50.6 Å². The first kappa shape index (κ1) is 24.3. The number of rotatable bonds is 6. The van der Waals surface area contributed by atoms with E-state index in [4.69, 9.17) is 4.98 Å². The zero-order valence-electron chi connectivity index (χ0n) is 21.8. The van der Waals surface area contributed by atoms with Crippen molar-refractivity contribution in [3.8, 4) is 11.1 Å². The summed E-state index contributed by atoms with van der Waals surface area (Å²) in [6.07, 6.45) is 9.06. The van der Waals surface area contributed by atoms with Crippen molar-refractivity contribution < 1.29 is 9.90 Å². The lowest BCUT2D eigenvalue weighted by Gasteiger charge is -2.48. The summed E-state index contributed by atoms with van der Waals surface area (Å²) in [6.45, 7) is 11.7. The summed E-state index contributed by atoms with van der Waals surface area (Å²) < 4.78 is 0. The number of aliphatic carboxylic acids is 1. The Hall–Kier alpha value is -2.40. The topological polar surface area (TPSA) is 56.7 Å². The van der Waals surface area contributed by atoms with Crippen LogP contribution in [0.15, 0.2) is 30.3 Å². The van der Waals surface area contributed by atoms with Gasteiger partial charge in [0.15, 0.2) is 0 Å². The monoisotopic (exact) mass is 475 g/mol. The third-order valence-electron chi connectivity index (χ3n) is 9.08. The Bertz CT molecular complexity index is 1050. The van der Waals surface area contributed by atoms with Gasteiger partial charge >= 0.3 is 5.97 Å². The summed E-state index contributed by atoms with van der Waals surface area (Å²) in [6, 6.07) is 10.5. The van der Waals surface area contributed by atoms with E-state index in [1.54, 1.807) is 0 Å². The zero-order chi connectivity index (χ0) is 24.6. The number of aryl methyl sites for hydroxylation is 1. The predicted octanol–water partition coefficient (Wildman–Crippen LogP) is 6.08. The molecule has 5 nitrogen and oxygen atoms in total. The highest BCUT2D eigenvalue weighted by molar-refractivity contribution is 5.86. The average molecular weight is 476 g/mol. The second kappa shape index (κ2) is 9.57. The van der Waals surface area contributed by atoms with Crippen LogP contribution in [-0.4, -0.2) is 47.1 Å². The van der Waals surface area contributed by atoms with Crippen molar-refractivity contribution in [2.24, 2.45) is 10.8 Å². The molecule has 0 atom stereocenters. The molecule has 188 valence electrons. The molecule has 1 spiro atoms. The second-order valence-electron chi connectivity index (χ2n) is 12.1. The number of benzene rings is 1. The molecular weight excluding hydrogens is 434 g/mol. The third-order valence-corrected chi connectivity index (χ3v) is 9.08. The van der Waals surface area contributed by atoms with Crippen molar-refractivity contribution in [3.05, 3.63) is 47.3 Å². The summed E-state index contributed by atoms with van der Waals surface area (Å²) >= 11 is 0. The fraction of sp³-hybridized carbons (Fsp3) is 0.600. The molecule has 5 heteroatoms. The summed E-state index contributed by atoms with van der Waals surface area (Å²) in [5.41, 5.74) is 7.22. The SMILES string of the molecule is Cc1nc(CN2CCC3(CCC3)CC2)c(-c2ccccc2)c(N2CCC(C)(C)CC2)c1CC(=O)O. The molecule has 1 saturated carbocycles. The summed E-state index contributed by atoms with van der Waals surface area (Å²) in [7, 11) is 0. The van der Waals surface area contributed by atoms with Gasteiger partial charge in [0, 0.05) is 36.5 Å². The number of carbonyl (C=O) groups is 1. The Morgan fingerprint density at radius 1 is 0.971 bits per heavy atom. The highest BCUT2D eigenvalue weighted by Gasteiger charge is 2.40. The number of carboxylic acid groups (broad SMARTS) is 1. The number of nitrogens with zero attached hydrogens (tertiary/aromatic N) is 3. The minimum Gasteiger partial charge on any atom is -0.481 e. The number of carboxylic acids is 1. The van der Waals surface area contributed by atoms with E-state index < -0.39 is 5.97 Å². The van der Waals surface area contributed by atoms with Crippen molar-refractivity contribution in [2.75, 3.05) is 31.1 Å². The number of likely N-dealkylation sites (tertiary alicyclic amines) is 1. The first-order valence-corrected chi connectivity index (χ1v) is 13.5. The van der Waals surface area contributed by atoms with Crippen LogP contribution in [0.25, 0.3) is 11.1 Å². The molecule has 5 rings (SSSR count). The Morgan fingerprint density at radius 2 is 1.63 bits per heavy atom. The molecule has 1 aromatic carbocycles. The predicted molar refractivity (Wildman–Crippen MR) is 142 cm³/mol. The van der Waals surface area contributed by atoms with Gasteiger partial charge in [-0.2, -0.15) is 0 Å². The molecule has 2 aliphatic heterocycles. The number of hydrogen-bond donors (Lipinski definition) is 1. The van der Waals surface area contributed by atoms with Crippen LogP contribution in [0.3, 0.4) is 0 Å². The van der Waals surface area contributed by atoms with Gasteiger partial charge < -0.3 is 10.0 Å². The molecule has 0 unspecified atom stereocenters. The maximum atomic E-state index is 11.9. The van der Waals surface area contributed by atoms with Crippen LogP contribution in [0.4, 0.5) is 5.69 Å². The van der Waals surface area contributed by atoms with Crippen LogP contribution < -0.4 is 4.90 Å². The molecule has 2 saturated heterocycles. The number of aromatic nitrogens is 1. The van der Waals surface area contributed by atoms with E-state index >= 15 is 0 Å². The van der Waals surface area contributed by atoms with Gasteiger partial charge in [-0.25, -0.2) is 0 Å². The van der Waals surface area contributed by atoms with E-state index in [1.165, 1.54) is 32.1 Å². The Balaban J connectivity index is 1.57. The largest absolute Gasteiger partial charge is 0.481 e. The summed E-state index contributed by atoms with van der Waals surface area (Å²) in [4.78, 5) is 22.1. The Kier molecular flexibility index (Phi) is 6.65. The normalized spacial score (nSPS) is 21.6. The maximum absolute atomic E-state index is 11.9. The molecule has 0 bridgehead atoms. The first-order valence-electron chi connectivity index (χ1n) is 13.5. The van der Waals surface area contributed by atoms with Crippen molar-refractivity contribution in [3.63, 3.8) is 0 Å². The van der Waals surface area contributed by atoms with Crippen LogP contribution in [0, 0.1) is 17.8 Å². The molecule has 3 aliphatic rings. The standard InChI is InChI=1S/C30H41N3O2/c1-22-24(20-26(34)35)28(33-18-12-29(2,3)13-19-33)27(23-8-5-4-6-9-23)25(31-22)21-32-16-14-30(15-17-32)10-7-11-30/h4-6,8-9H,7,10-21H2,1-3H3,(H,34,35). The van der Waals surface area contributed by atoms with E-state index in [0.29, 0.717) is 10.8 Å². The molecular formula is C30H41N3O2. The van der Waals surface area contributed by atoms with Crippen LogP contribution in [0.5, 0.6) is 0 Å². The van der Waals surface area contributed by atoms with E-state index in [2.05, 4.69) is 54.0 Å². The lowest BCUT2D eigenvalue weighted by molar-refractivity contribution is -0.136. The minimum atomic E-state index is -0.790. The highest BCUT2D eigenvalue weighted by Crippen LogP contribution is 2.49. The van der Waals surface area contributed by atoms with Crippen LogP contribution in [-0.2, 0) is 17.8 Å². The molecule has 1 aliphatic carbocycles. The number of hydrogen-bond acceptors (Lipinski definition) is 4. The van der Waals surface area contributed by atoms with E-state index in [1.807, 2.05) is 6.92 Å². The van der Waals surface area contributed by atoms with Gasteiger partial charge in [0.25, 0.3) is 0 Å². The molecule has 1 aromatic heterocycles. The number of anilines is 1. The molecule has 0 amide bonds. The first-order chi connectivity index (χ1) is 16.8. The van der Waals surface area contributed by atoms with Gasteiger partial charge in [0.2, 0.25) is 0 Å². The minimum absolute atomic E-state index is 0.0143. The van der Waals surface area contributed by atoms with Crippen molar-refractivity contribution in [1.82, 2.24) is 9.88 Å². The van der Waals surface area contributed by atoms with E-state index in [9.17, 15) is 9.90 Å². The smallest absolute Gasteiger partial charge is 0.307 e. The highest BCUT2D eigenvalue weighted by atomic mass is 16.4. The van der Waals surface area contributed by atoms with Gasteiger partial charge in [-0.15, -0.1) is 0 Å². The lowest BCUT2D eigenvalue weighted by atomic mass is 9.63. The third kappa shape index (κ3) is 5.11. The zero-order valence-corrected chi connectivity index (χ0v) is 21.8. The van der Waals surface area contributed by atoms with Gasteiger partial charge in [-0.05, 0) is 74.9 Å². The van der Waals surface area contributed by atoms with E-state index in [0.717, 1.165) is 79.3 Å². The van der Waals surface area contributed by atoms with Crippen molar-refractivity contribution >= 4 is 11.7 Å². The van der Waals surface area contributed by atoms with Gasteiger partial charge in [0.05, 0.1) is 17.8 Å². The molecule has 3 heterocycles. The fourth-order valence-corrected chi connectivity index (χ4v) is 6.43. The quantitative estimate of drug-likeness (QED) is 0.549. The van der Waals surface area contributed by atoms with Crippen LogP contribution in [0.2, 0.25) is 0 Å². The molecule has 0 radical (unpaired) electrons. The molecule has 1 N–H and O–H groups in total. The number of pyridine rings is 1. The van der Waals surface area contributed by atoms with Crippen molar-refractivity contribution in [2.45, 2.75) is 78.7 Å². The molecule has 3 fully saturated rings. The van der Waals surface area contributed by atoms with Crippen LogP contribution in [0.1, 0.15) is 75.7 Å². The number of piperidine rings is 2. The second-order valence-corrected chi connectivity index (χ2v) is 12.1. The lowest BCUT2D eigenvalue weighted by Crippen LogP contribution is -2.43. The molecule has 2 aromatic rings. The Morgan fingerprint density at radius 3 is 2.20 bits per heavy atom. The van der Waals surface area contributed by atoms with Crippen LogP contribution >= 0.6 is 0 Å². The van der Waals surface area contributed by atoms with Gasteiger partial charge in [-0.3, -0.25) is 14.7 Å².